The molecule has 0 radical (unpaired) electrons. The molecule has 4 rings (SSSR count). The van der Waals surface area contributed by atoms with E-state index in [0.717, 1.165) is 22.9 Å². The molecular formula is C22H24N8O. The first-order chi connectivity index (χ1) is 15.0. The van der Waals surface area contributed by atoms with E-state index < -0.39 is 0 Å². The zero-order chi connectivity index (χ0) is 21.8. The summed E-state index contributed by atoms with van der Waals surface area (Å²) in [6.07, 6.45) is 3.59. The van der Waals surface area contributed by atoms with Crippen molar-refractivity contribution >= 4 is 11.7 Å². The zero-order valence-corrected chi connectivity index (χ0v) is 17.7. The standard InChI is InChI=1S/C22H24N8O/c1-15-26-20(14-21(27-15)30-12-11-23-16(30)2)24-9-10-25-22(31)19-13-18(28-29(19)3)17-7-5-4-6-8-17/h4-8,11-14H,9-10H2,1-3H3,(H,25,31)(H,24,26,27). The van der Waals surface area contributed by atoms with Crippen molar-refractivity contribution in [1.82, 2.24) is 34.6 Å². The first-order valence-electron chi connectivity index (χ1n) is 9.99. The Morgan fingerprint density at radius 1 is 1.06 bits per heavy atom. The van der Waals surface area contributed by atoms with Crippen molar-refractivity contribution < 1.29 is 4.79 Å². The fourth-order valence-electron chi connectivity index (χ4n) is 3.27. The van der Waals surface area contributed by atoms with Crippen molar-refractivity contribution in [2.75, 3.05) is 18.4 Å². The van der Waals surface area contributed by atoms with Crippen LogP contribution < -0.4 is 10.6 Å². The van der Waals surface area contributed by atoms with E-state index in [9.17, 15) is 4.79 Å². The summed E-state index contributed by atoms with van der Waals surface area (Å²) in [5.41, 5.74) is 2.25. The van der Waals surface area contributed by atoms with E-state index in [2.05, 4.69) is 30.7 Å². The van der Waals surface area contributed by atoms with Crippen molar-refractivity contribution in [2.24, 2.45) is 7.05 Å². The van der Waals surface area contributed by atoms with Crippen LogP contribution in [0.4, 0.5) is 5.82 Å². The average Bonchev–Trinajstić information content (AvgIpc) is 3.37. The van der Waals surface area contributed by atoms with Gasteiger partial charge in [-0.3, -0.25) is 14.0 Å². The third kappa shape index (κ3) is 4.61. The van der Waals surface area contributed by atoms with Crippen LogP contribution in [0, 0.1) is 13.8 Å². The molecule has 0 aliphatic rings. The number of imidazole rings is 1. The summed E-state index contributed by atoms with van der Waals surface area (Å²) in [7, 11) is 1.77. The second-order valence-corrected chi connectivity index (χ2v) is 7.09. The van der Waals surface area contributed by atoms with Crippen LogP contribution in [0.2, 0.25) is 0 Å². The highest BCUT2D eigenvalue weighted by Crippen LogP contribution is 2.18. The van der Waals surface area contributed by atoms with Crippen LogP contribution in [0.3, 0.4) is 0 Å². The lowest BCUT2D eigenvalue weighted by molar-refractivity contribution is 0.0946. The molecule has 3 heterocycles. The van der Waals surface area contributed by atoms with Crippen molar-refractivity contribution in [3.05, 3.63) is 72.2 Å². The van der Waals surface area contributed by atoms with Gasteiger partial charge >= 0.3 is 0 Å². The van der Waals surface area contributed by atoms with Crippen molar-refractivity contribution in [3.63, 3.8) is 0 Å². The molecule has 2 N–H and O–H groups in total. The lowest BCUT2D eigenvalue weighted by Gasteiger charge is -2.10. The summed E-state index contributed by atoms with van der Waals surface area (Å²) in [4.78, 5) is 25.7. The van der Waals surface area contributed by atoms with Crippen LogP contribution in [0.25, 0.3) is 17.1 Å². The number of anilines is 1. The summed E-state index contributed by atoms with van der Waals surface area (Å²) < 4.78 is 3.49. The number of rotatable bonds is 7. The molecule has 0 spiro atoms. The van der Waals surface area contributed by atoms with Gasteiger partial charge in [0.15, 0.2) is 0 Å². The summed E-state index contributed by atoms with van der Waals surface area (Å²) in [6.45, 7) is 4.72. The molecule has 0 bridgehead atoms. The number of nitrogens with zero attached hydrogens (tertiary/aromatic N) is 6. The average molecular weight is 416 g/mol. The highest BCUT2D eigenvalue weighted by molar-refractivity contribution is 5.93. The minimum absolute atomic E-state index is 0.174. The number of amides is 1. The van der Waals surface area contributed by atoms with Crippen molar-refractivity contribution in [3.8, 4) is 17.1 Å². The Hall–Kier alpha value is -4.01. The minimum atomic E-state index is -0.174. The number of aromatic nitrogens is 6. The van der Waals surface area contributed by atoms with Crippen LogP contribution in [0.15, 0.2) is 54.9 Å². The van der Waals surface area contributed by atoms with E-state index in [0.29, 0.717) is 30.4 Å². The largest absolute Gasteiger partial charge is 0.368 e. The number of nitrogens with one attached hydrogen (secondary N) is 2. The molecule has 0 fully saturated rings. The summed E-state index contributed by atoms with van der Waals surface area (Å²) >= 11 is 0. The van der Waals surface area contributed by atoms with Crippen molar-refractivity contribution in [2.45, 2.75) is 13.8 Å². The van der Waals surface area contributed by atoms with Gasteiger partial charge in [0.25, 0.3) is 5.91 Å². The fourth-order valence-corrected chi connectivity index (χ4v) is 3.27. The molecule has 1 aromatic carbocycles. The molecule has 0 unspecified atom stereocenters. The Morgan fingerprint density at radius 3 is 2.61 bits per heavy atom. The van der Waals surface area contributed by atoms with Gasteiger partial charge in [-0.1, -0.05) is 30.3 Å². The van der Waals surface area contributed by atoms with Gasteiger partial charge in [-0.05, 0) is 19.9 Å². The molecule has 1 amide bonds. The Labute approximate surface area is 180 Å². The van der Waals surface area contributed by atoms with Gasteiger partial charge in [-0.25, -0.2) is 15.0 Å². The molecule has 0 aliphatic heterocycles. The third-order valence-electron chi connectivity index (χ3n) is 4.80. The maximum Gasteiger partial charge on any atom is 0.269 e. The Morgan fingerprint density at radius 2 is 1.87 bits per heavy atom. The number of aryl methyl sites for hydroxylation is 3. The van der Waals surface area contributed by atoms with E-state index in [1.54, 1.807) is 24.0 Å². The number of hydrogen-bond donors (Lipinski definition) is 2. The SMILES string of the molecule is Cc1nc(NCCNC(=O)c2cc(-c3ccccc3)nn2C)cc(-n2ccnc2C)n1. The van der Waals surface area contributed by atoms with Gasteiger partial charge < -0.3 is 10.6 Å². The normalized spacial score (nSPS) is 10.8. The topological polar surface area (TPSA) is 103 Å². The third-order valence-corrected chi connectivity index (χ3v) is 4.80. The fraction of sp³-hybridized carbons (Fsp3) is 0.227. The van der Waals surface area contributed by atoms with Crippen molar-refractivity contribution in [1.29, 1.82) is 0 Å². The second-order valence-electron chi connectivity index (χ2n) is 7.09. The Bertz CT molecular complexity index is 1200. The van der Waals surface area contributed by atoms with Gasteiger partial charge in [0.1, 0.15) is 29.0 Å². The summed E-state index contributed by atoms with van der Waals surface area (Å²) in [5.74, 6) is 2.77. The first kappa shape index (κ1) is 20.3. The minimum Gasteiger partial charge on any atom is -0.368 e. The molecule has 158 valence electrons. The maximum absolute atomic E-state index is 12.6. The van der Waals surface area contributed by atoms with E-state index in [1.807, 2.05) is 61.0 Å². The van der Waals surface area contributed by atoms with Crippen LogP contribution in [-0.2, 0) is 7.05 Å². The van der Waals surface area contributed by atoms with Gasteiger partial charge in [0, 0.05) is 44.2 Å². The van der Waals surface area contributed by atoms with Crippen LogP contribution in [0.1, 0.15) is 22.1 Å². The highest BCUT2D eigenvalue weighted by atomic mass is 16.2. The van der Waals surface area contributed by atoms with Gasteiger partial charge in [0.05, 0.1) is 5.69 Å². The molecular weight excluding hydrogens is 392 g/mol. The number of benzene rings is 1. The molecule has 9 heteroatoms. The predicted molar refractivity (Wildman–Crippen MR) is 118 cm³/mol. The number of carbonyl (C=O) groups is 1. The van der Waals surface area contributed by atoms with E-state index in [4.69, 9.17) is 0 Å². The number of carbonyl (C=O) groups excluding carboxylic acids is 1. The first-order valence-corrected chi connectivity index (χ1v) is 9.99. The maximum atomic E-state index is 12.6. The van der Waals surface area contributed by atoms with Gasteiger partial charge in [-0.15, -0.1) is 0 Å². The van der Waals surface area contributed by atoms with E-state index in [-0.39, 0.29) is 5.91 Å². The number of hydrogen-bond acceptors (Lipinski definition) is 6. The zero-order valence-electron chi connectivity index (χ0n) is 17.7. The molecule has 9 nitrogen and oxygen atoms in total. The Balaban J connectivity index is 1.35. The quantitative estimate of drug-likeness (QED) is 0.449. The summed E-state index contributed by atoms with van der Waals surface area (Å²) in [6, 6.07) is 13.4. The predicted octanol–water partition coefficient (Wildman–Crippen LogP) is 2.52. The molecule has 4 aromatic rings. The van der Waals surface area contributed by atoms with Crippen LogP contribution in [0.5, 0.6) is 0 Å². The van der Waals surface area contributed by atoms with Crippen LogP contribution in [-0.4, -0.2) is 48.3 Å². The highest BCUT2D eigenvalue weighted by Gasteiger charge is 2.14. The molecule has 31 heavy (non-hydrogen) atoms. The van der Waals surface area contributed by atoms with Gasteiger partial charge in [-0.2, -0.15) is 5.10 Å². The molecule has 0 saturated carbocycles. The molecule has 3 aromatic heterocycles. The molecule has 0 saturated heterocycles. The Kier molecular flexibility index (Phi) is 5.74. The monoisotopic (exact) mass is 416 g/mol. The van der Waals surface area contributed by atoms with Crippen LogP contribution >= 0.6 is 0 Å². The second kappa shape index (κ2) is 8.78. The summed E-state index contributed by atoms with van der Waals surface area (Å²) in [5, 5.41) is 10.6. The molecule has 0 aliphatic carbocycles. The van der Waals surface area contributed by atoms with E-state index >= 15 is 0 Å². The van der Waals surface area contributed by atoms with E-state index in [1.165, 1.54) is 0 Å². The van der Waals surface area contributed by atoms with Gasteiger partial charge in [0.2, 0.25) is 0 Å². The molecule has 0 atom stereocenters. The smallest absolute Gasteiger partial charge is 0.269 e. The lowest BCUT2D eigenvalue weighted by Crippen LogP contribution is -2.30. The lowest BCUT2D eigenvalue weighted by atomic mass is 10.1.